The predicted molar refractivity (Wildman–Crippen MR) is 67.3 cm³/mol. The molecule has 0 heterocycles. The number of hydrogen-bond donors (Lipinski definition) is 1. The highest BCUT2D eigenvalue weighted by molar-refractivity contribution is 6.36. The van der Waals surface area contributed by atoms with E-state index in [0.29, 0.717) is 0 Å². The van der Waals surface area contributed by atoms with E-state index in [1.54, 1.807) is 0 Å². The molecule has 3 rings (SSSR count). The van der Waals surface area contributed by atoms with E-state index in [-0.39, 0.29) is 0 Å². The first kappa shape index (κ1) is 8.60. The lowest BCUT2D eigenvalue weighted by molar-refractivity contribution is 1.27. The van der Waals surface area contributed by atoms with Crippen molar-refractivity contribution in [2.45, 2.75) is 6.42 Å². The molecule has 0 radical (unpaired) electrons. The van der Waals surface area contributed by atoms with E-state index < -0.39 is 0 Å². The molecular formula is C13H12BN. The van der Waals surface area contributed by atoms with Crippen LogP contribution >= 0.6 is 0 Å². The fourth-order valence-corrected chi connectivity index (χ4v) is 2.45. The summed E-state index contributed by atoms with van der Waals surface area (Å²) in [5.41, 5.74) is 13.6. The maximum atomic E-state index is 5.84. The van der Waals surface area contributed by atoms with Crippen molar-refractivity contribution in [3.8, 4) is 11.1 Å². The molecule has 1 nitrogen and oxygen atoms in total. The minimum Gasteiger partial charge on any atom is -0.399 e. The number of nitrogen functional groups attached to an aromatic ring is 1. The van der Waals surface area contributed by atoms with Gasteiger partial charge in [0, 0.05) is 5.69 Å². The van der Waals surface area contributed by atoms with Gasteiger partial charge in [0.1, 0.15) is 7.85 Å². The Bertz CT molecular complexity index is 546. The highest BCUT2D eigenvalue weighted by Crippen LogP contribution is 2.35. The smallest absolute Gasteiger partial charge is 0.140 e. The Morgan fingerprint density at radius 1 is 1.07 bits per heavy atom. The quantitative estimate of drug-likeness (QED) is 0.419. The maximum absolute atomic E-state index is 5.84. The highest BCUT2D eigenvalue weighted by atomic mass is 14.5. The summed E-state index contributed by atoms with van der Waals surface area (Å²) in [4.78, 5) is 0. The normalized spacial score (nSPS) is 12.3. The summed E-state index contributed by atoms with van der Waals surface area (Å²) in [6.07, 6.45) is 1.05. The van der Waals surface area contributed by atoms with Gasteiger partial charge in [-0.1, -0.05) is 29.7 Å². The van der Waals surface area contributed by atoms with E-state index in [1.165, 1.54) is 27.7 Å². The van der Waals surface area contributed by atoms with Crippen molar-refractivity contribution in [1.82, 2.24) is 0 Å². The zero-order chi connectivity index (χ0) is 10.4. The Balaban J connectivity index is 2.33. The van der Waals surface area contributed by atoms with Crippen molar-refractivity contribution >= 4 is 19.0 Å². The van der Waals surface area contributed by atoms with Crippen molar-refractivity contribution in [2.75, 3.05) is 5.73 Å². The molecule has 2 aromatic carbocycles. The van der Waals surface area contributed by atoms with Crippen LogP contribution in [0.4, 0.5) is 5.69 Å². The van der Waals surface area contributed by atoms with E-state index in [4.69, 9.17) is 5.73 Å². The molecule has 0 aliphatic heterocycles. The molecule has 2 aromatic rings. The van der Waals surface area contributed by atoms with Gasteiger partial charge in [0.05, 0.1) is 0 Å². The van der Waals surface area contributed by atoms with Crippen LogP contribution in [0.1, 0.15) is 11.1 Å². The van der Waals surface area contributed by atoms with Gasteiger partial charge in [-0.3, -0.25) is 0 Å². The number of nitrogens with two attached hydrogens (primary N) is 1. The summed E-state index contributed by atoms with van der Waals surface area (Å²) in [5, 5.41) is 0. The summed E-state index contributed by atoms with van der Waals surface area (Å²) in [7, 11) is 2.16. The molecule has 0 fully saturated rings. The average molecular weight is 193 g/mol. The van der Waals surface area contributed by atoms with Crippen LogP contribution in [-0.4, -0.2) is 7.85 Å². The number of hydrogen-bond acceptors (Lipinski definition) is 1. The first-order valence-electron chi connectivity index (χ1n) is 5.23. The molecule has 0 saturated carbocycles. The third-order valence-corrected chi connectivity index (χ3v) is 3.14. The lowest BCUT2D eigenvalue weighted by Crippen LogP contribution is -2.06. The summed E-state index contributed by atoms with van der Waals surface area (Å²) in [6.45, 7) is 0. The van der Waals surface area contributed by atoms with Crippen molar-refractivity contribution in [1.29, 1.82) is 0 Å². The molecule has 2 heteroatoms. The van der Waals surface area contributed by atoms with Crippen LogP contribution in [0.5, 0.6) is 0 Å². The van der Waals surface area contributed by atoms with Crippen LogP contribution in [0.2, 0.25) is 0 Å². The second-order valence-corrected chi connectivity index (χ2v) is 4.20. The Morgan fingerprint density at radius 2 is 1.93 bits per heavy atom. The summed E-state index contributed by atoms with van der Waals surface area (Å²) in [6, 6.07) is 12.7. The van der Waals surface area contributed by atoms with Crippen LogP contribution in [0.3, 0.4) is 0 Å². The van der Waals surface area contributed by atoms with E-state index in [1.807, 2.05) is 6.07 Å². The number of fused-ring (bicyclic) bond motifs is 3. The van der Waals surface area contributed by atoms with E-state index >= 15 is 0 Å². The van der Waals surface area contributed by atoms with Crippen LogP contribution in [0, 0.1) is 0 Å². The fraction of sp³-hybridized carbons (Fsp3) is 0.0769. The van der Waals surface area contributed by atoms with Crippen molar-refractivity contribution < 1.29 is 0 Å². The average Bonchev–Trinajstić information content (AvgIpc) is 2.57. The largest absolute Gasteiger partial charge is 0.399 e. The van der Waals surface area contributed by atoms with Gasteiger partial charge in [-0.15, -0.1) is 0 Å². The fourth-order valence-electron chi connectivity index (χ4n) is 2.45. The summed E-state index contributed by atoms with van der Waals surface area (Å²) < 4.78 is 0. The lowest BCUT2D eigenvalue weighted by Gasteiger charge is -2.05. The van der Waals surface area contributed by atoms with Gasteiger partial charge < -0.3 is 5.73 Å². The molecule has 0 unspecified atom stereocenters. The molecule has 0 amide bonds. The monoisotopic (exact) mass is 193 g/mol. The molecule has 0 aromatic heterocycles. The topological polar surface area (TPSA) is 26.0 Å². The van der Waals surface area contributed by atoms with Gasteiger partial charge >= 0.3 is 0 Å². The van der Waals surface area contributed by atoms with Crippen molar-refractivity contribution in [3.63, 3.8) is 0 Å². The standard InChI is InChI=1S/C13H12BN/c14-12-3-1-2-9-6-8-4-5-10(15)7-11(8)13(9)12/h1-5,7H,6,14-15H2. The number of rotatable bonds is 0. The second-order valence-electron chi connectivity index (χ2n) is 4.20. The molecule has 2 N–H and O–H groups in total. The van der Waals surface area contributed by atoms with Gasteiger partial charge in [0.2, 0.25) is 0 Å². The predicted octanol–water partition coefficient (Wildman–Crippen LogP) is 1.10. The van der Waals surface area contributed by atoms with Crippen LogP contribution in [-0.2, 0) is 6.42 Å². The Kier molecular flexibility index (Phi) is 1.66. The highest BCUT2D eigenvalue weighted by Gasteiger charge is 2.19. The van der Waals surface area contributed by atoms with Crippen LogP contribution in [0.25, 0.3) is 11.1 Å². The van der Waals surface area contributed by atoms with Crippen molar-refractivity contribution in [3.05, 3.63) is 47.5 Å². The van der Waals surface area contributed by atoms with Gasteiger partial charge in [-0.25, -0.2) is 0 Å². The maximum Gasteiger partial charge on any atom is 0.140 e. The zero-order valence-corrected chi connectivity index (χ0v) is 8.75. The van der Waals surface area contributed by atoms with Gasteiger partial charge in [-0.05, 0) is 40.8 Å². The van der Waals surface area contributed by atoms with Crippen molar-refractivity contribution in [2.24, 2.45) is 0 Å². The van der Waals surface area contributed by atoms with E-state index in [2.05, 4.69) is 38.2 Å². The Labute approximate surface area is 90.3 Å². The Hall–Kier alpha value is -1.70. The van der Waals surface area contributed by atoms with Crippen LogP contribution in [0.15, 0.2) is 36.4 Å². The third kappa shape index (κ3) is 1.18. The summed E-state index contributed by atoms with van der Waals surface area (Å²) >= 11 is 0. The van der Waals surface area contributed by atoms with E-state index in [0.717, 1.165) is 12.1 Å². The first-order chi connectivity index (χ1) is 7.25. The molecule has 1 aliphatic carbocycles. The second kappa shape index (κ2) is 2.90. The molecular weight excluding hydrogens is 181 g/mol. The van der Waals surface area contributed by atoms with Gasteiger partial charge in [-0.2, -0.15) is 0 Å². The van der Waals surface area contributed by atoms with E-state index in [9.17, 15) is 0 Å². The van der Waals surface area contributed by atoms with Crippen LogP contribution < -0.4 is 11.2 Å². The third-order valence-electron chi connectivity index (χ3n) is 3.14. The number of anilines is 1. The lowest BCUT2D eigenvalue weighted by atomic mass is 9.87. The zero-order valence-electron chi connectivity index (χ0n) is 8.75. The molecule has 0 spiro atoms. The van der Waals surface area contributed by atoms with Gasteiger partial charge in [0.25, 0.3) is 0 Å². The number of benzene rings is 2. The first-order valence-corrected chi connectivity index (χ1v) is 5.23. The minimum absolute atomic E-state index is 0.852. The van der Waals surface area contributed by atoms with Gasteiger partial charge in [0.15, 0.2) is 0 Å². The minimum atomic E-state index is 0.852. The SMILES string of the molecule is Bc1cccc2c1-c1cc(N)ccc1C2. The Morgan fingerprint density at radius 3 is 2.80 bits per heavy atom. The molecule has 15 heavy (non-hydrogen) atoms. The molecule has 0 atom stereocenters. The molecule has 0 bridgehead atoms. The summed E-state index contributed by atoms with van der Waals surface area (Å²) in [5.74, 6) is 0. The molecule has 1 aliphatic rings. The molecule has 72 valence electrons. The molecule has 0 saturated heterocycles.